The van der Waals surface area contributed by atoms with E-state index in [1.54, 1.807) is 11.3 Å². The first-order valence-electron chi connectivity index (χ1n) is 6.69. The van der Waals surface area contributed by atoms with Crippen molar-refractivity contribution in [3.05, 3.63) is 20.8 Å². The molecule has 1 atom stereocenters. The predicted octanol–water partition coefficient (Wildman–Crippen LogP) is 4.20. The Bertz CT molecular complexity index is 383. The zero-order chi connectivity index (χ0) is 13.2. The third kappa shape index (κ3) is 2.98. The molecule has 1 fully saturated rings. The smallest absolute Gasteiger partial charge is 0.107 e. The number of hydrogen-bond donors (Lipinski definition) is 1. The molecule has 1 aromatic heterocycles. The van der Waals surface area contributed by atoms with Crippen molar-refractivity contribution in [1.82, 2.24) is 4.90 Å². The van der Waals surface area contributed by atoms with E-state index in [0.29, 0.717) is 0 Å². The number of hydrogen-bond acceptors (Lipinski definition) is 3. The molecule has 18 heavy (non-hydrogen) atoms. The number of thiophene rings is 1. The van der Waals surface area contributed by atoms with Gasteiger partial charge in [0.1, 0.15) is 6.10 Å². The lowest BCUT2D eigenvalue weighted by Gasteiger charge is -2.41. The van der Waals surface area contributed by atoms with Gasteiger partial charge in [-0.1, -0.05) is 12.8 Å². The van der Waals surface area contributed by atoms with Crippen molar-refractivity contribution < 1.29 is 5.11 Å². The Hall–Kier alpha value is 0.1000. The highest BCUT2D eigenvalue weighted by Gasteiger charge is 2.36. The first-order chi connectivity index (χ1) is 8.53. The summed E-state index contributed by atoms with van der Waals surface area (Å²) in [7, 11) is 0. The van der Waals surface area contributed by atoms with Crippen molar-refractivity contribution in [3.8, 4) is 0 Å². The highest BCUT2D eigenvalue weighted by molar-refractivity contribution is 9.10. The Labute approximate surface area is 122 Å². The molecule has 1 unspecified atom stereocenters. The largest absolute Gasteiger partial charge is 0.386 e. The second-order valence-corrected chi connectivity index (χ2v) is 7.39. The summed E-state index contributed by atoms with van der Waals surface area (Å²) < 4.78 is 1.03. The topological polar surface area (TPSA) is 23.5 Å². The fourth-order valence-electron chi connectivity index (χ4n) is 2.64. The standard InChI is InChI=1S/C14H22BrNOS/c1-14(2,16-8-5-3-4-6-9-16)13(17)12-11(15)7-10-18-12/h7,10,13,17H,3-6,8-9H2,1-2H3. The molecule has 1 N–H and O–H groups in total. The molecule has 0 spiro atoms. The van der Waals surface area contributed by atoms with E-state index >= 15 is 0 Å². The van der Waals surface area contributed by atoms with Gasteiger partial charge < -0.3 is 5.11 Å². The van der Waals surface area contributed by atoms with Gasteiger partial charge in [-0.25, -0.2) is 0 Å². The SMILES string of the molecule is CC(C)(C(O)c1sccc1Br)N1CCCCCC1. The molecule has 1 aliphatic rings. The Morgan fingerprint density at radius 3 is 2.39 bits per heavy atom. The van der Waals surface area contributed by atoms with E-state index in [1.807, 2.05) is 11.4 Å². The monoisotopic (exact) mass is 331 g/mol. The van der Waals surface area contributed by atoms with E-state index in [4.69, 9.17) is 0 Å². The summed E-state index contributed by atoms with van der Waals surface area (Å²) in [5.41, 5.74) is -0.197. The number of aliphatic hydroxyl groups is 1. The third-order valence-corrected chi connectivity index (χ3v) is 5.91. The lowest BCUT2D eigenvalue weighted by molar-refractivity contribution is -0.00837. The second kappa shape index (κ2) is 6.04. The van der Waals surface area contributed by atoms with Crippen molar-refractivity contribution in [2.24, 2.45) is 0 Å². The van der Waals surface area contributed by atoms with E-state index < -0.39 is 6.10 Å². The van der Waals surface area contributed by atoms with Crippen molar-refractivity contribution in [1.29, 1.82) is 0 Å². The highest BCUT2D eigenvalue weighted by Crippen LogP contribution is 2.38. The van der Waals surface area contributed by atoms with E-state index in [0.717, 1.165) is 22.4 Å². The van der Waals surface area contributed by atoms with Crippen LogP contribution in [-0.2, 0) is 0 Å². The maximum Gasteiger partial charge on any atom is 0.107 e. The van der Waals surface area contributed by atoms with Crippen LogP contribution in [0.4, 0.5) is 0 Å². The minimum atomic E-state index is -0.426. The molecule has 1 saturated heterocycles. The van der Waals surface area contributed by atoms with E-state index in [-0.39, 0.29) is 5.54 Å². The van der Waals surface area contributed by atoms with Crippen molar-refractivity contribution >= 4 is 27.3 Å². The minimum Gasteiger partial charge on any atom is -0.386 e. The lowest BCUT2D eigenvalue weighted by atomic mass is 9.93. The molecule has 4 heteroatoms. The first kappa shape index (κ1) is 14.5. The summed E-state index contributed by atoms with van der Waals surface area (Å²) in [4.78, 5) is 3.50. The van der Waals surface area contributed by atoms with Gasteiger partial charge in [0.15, 0.2) is 0 Å². The number of aliphatic hydroxyl groups excluding tert-OH is 1. The summed E-state index contributed by atoms with van der Waals surface area (Å²) in [6.07, 6.45) is 4.73. The van der Waals surface area contributed by atoms with E-state index in [2.05, 4.69) is 34.7 Å². The Morgan fingerprint density at radius 2 is 1.89 bits per heavy atom. The average molecular weight is 332 g/mol. The van der Waals surface area contributed by atoms with Crippen LogP contribution in [0.15, 0.2) is 15.9 Å². The zero-order valence-corrected chi connectivity index (χ0v) is 13.6. The molecule has 0 aromatic carbocycles. The molecule has 0 bridgehead atoms. The Kier molecular flexibility index (Phi) is 4.86. The van der Waals surface area contributed by atoms with Gasteiger partial charge in [0.25, 0.3) is 0 Å². The van der Waals surface area contributed by atoms with Crippen LogP contribution in [0.5, 0.6) is 0 Å². The highest BCUT2D eigenvalue weighted by atomic mass is 79.9. The van der Waals surface area contributed by atoms with E-state index in [9.17, 15) is 5.11 Å². The van der Waals surface area contributed by atoms with Gasteiger partial charge in [-0.15, -0.1) is 11.3 Å². The summed E-state index contributed by atoms with van der Waals surface area (Å²) in [6.45, 7) is 6.53. The molecular weight excluding hydrogens is 310 g/mol. The van der Waals surface area contributed by atoms with Gasteiger partial charge in [0, 0.05) is 14.9 Å². The van der Waals surface area contributed by atoms with Crippen LogP contribution >= 0.6 is 27.3 Å². The molecular formula is C14H22BrNOS. The van der Waals surface area contributed by atoms with Gasteiger partial charge >= 0.3 is 0 Å². The zero-order valence-electron chi connectivity index (χ0n) is 11.2. The van der Waals surface area contributed by atoms with Crippen molar-refractivity contribution in [3.63, 3.8) is 0 Å². The molecule has 0 aliphatic carbocycles. The number of likely N-dealkylation sites (tertiary alicyclic amines) is 1. The van der Waals surface area contributed by atoms with Crippen molar-refractivity contribution in [2.75, 3.05) is 13.1 Å². The second-order valence-electron chi connectivity index (χ2n) is 5.59. The Morgan fingerprint density at radius 1 is 1.28 bits per heavy atom. The first-order valence-corrected chi connectivity index (χ1v) is 8.37. The van der Waals surface area contributed by atoms with Crippen LogP contribution < -0.4 is 0 Å². The summed E-state index contributed by atoms with van der Waals surface area (Å²) in [5, 5.41) is 12.7. The Balaban J connectivity index is 2.16. The van der Waals surface area contributed by atoms with Crippen LogP contribution in [0.3, 0.4) is 0 Å². The third-order valence-electron chi connectivity index (χ3n) is 3.98. The fraction of sp³-hybridized carbons (Fsp3) is 0.714. The summed E-state index contributed by atoms with van der Waals surface area (Å²) in [5.74, 6) is 0. The van der Waals surface area contributed by atoms with Crippen LogP contribution in [0.25, 0.3) is 0 Å². The van der Waals surface area contributed by atoms with Crippen molar-refractivity contribution in [2.45, 2.75) is 51.2 Å². The fourth-order valence-corrected chi connectivity index (χ4v) is 4.39. The summed E-state index contributed by atoms with van der Waals surface area (Å²) in [6, 6.07) is 2.02. The van der Waals surface area contributed by atoms with Crippen LogP contribution in [0, 0.1) is 0 Å². The van der Waals surface area contributed by atoms with Crippen LogP contribution in [-0.4, -0.2) is 28.6 Å². The summed E-state index contributed by atoms with van der Waals surface area (Å²) >= 11 is 5.16. The normalized spacial score (nSPS) is 20.7. The molecule has 0 amide bonds. The molecule has 0 radical (unpaired) electrons. The molecule has 1 aliphatic heterocycles. The van der Waals surface area contributed by atoms with Gasteiger partial charge in [-0.3, -0.25) is 4.90 Å². The quantitative estimate of drug-likeness (QED) is 0.897. The molecule has 102 valence electrons. The van der Waals surface area contributed by atoms with Gasteiger partial charge in [-0.05, 0) is 67.2 Å². The molecule has 2 nitrogen and oxygen atoms in total. The van der Waals surface area contributed by atoms with E-state index in [1.165, 1.54) is 25.7 Å². The molecule has 1 aromatic rings. The van der Waals surface area contributed by atoms with Crippen LogP contribution in [0.2, 0.25) is 0 Å². The maximum atomic E-state index is 10.7. The number of rotatable bonds is 3. The molecule has 0 saturated carbocycles. The average Bonchev–Trinajstić information content (AvgIpc) is 2.61. The van der Waals surface area contributed by atoms with Crippen LogP contribution in [0.1, 0.15) is 50.5 Å². The molecule has 2 rings (SSSR count). The maximum absolute atomic E-state index is 10.7. The minimum absolute atomic E-state index is 0.197. The predicted molar refractivity (Wildman–Crippen MR) is 81.1 cm³/mol. The van der Waals surface area contributed by atoms with Gasteiger partial charge in [0.05, 0.1) is 0 Å². The number of halogens is 1. The lowest BCUT2D eigenvalue weighted by Crippen LogP contribution is -2.48. The van der Waals surface area contributed by atoms with Gasteiger partial charge in [0.2, 0.25) is 0 Å². The number of nitrogens with zero attached hydrogens (tertiary/aromatic N) is 1. The molecule has 2 heterocycles. The van der Waals surface area contributed by atoms with Gasteiger partial charge in [-0.2, -0.15) is 0 Å².